The van der Waals surface area contributed by atoms with Crippen LogP contribution in [0.2, 0.25) is 5.02 Å². The van der Waals surface area contributed by atoms with Crippen LogP contribution in [0.4, 0.5) is 0 Å². The number of halogens is 1. The number of aliphatic carboxylic acids is 1. The molecule has 1 saturated heterocycles. The minimum atomic E-state index is -0.773. The number of benzene rings is 2. The molecule has 0 bridgehead atoms. The number of likely N-dealkylation sites (tertiary alicyclic amines) is 1. The van der Waals surface area contributed by atoms with Gasteiger partial charge in [0.05, 0.1) is 12.6 Å². The maximum Gasteiger partial charge on any atom is 0.320 e. The van der Waals surface area contributed by atoms with Gasteiger partial charge in [-0.1, -0.05) is 48.4 Å². The third-order valence-electron chi connectivity index (χ3n) is 4.84. The zero-order valence-corrected chi connectivity index (χ0v) is 15.7. The average Bonchev–Trinajstić information content (AvgIpc) is 2.65. The molecule has 4 nitrogen and oxygen atoms in total. The lowest BCUT2D eigenvalue weighted by Gasteiger charge is -2.40. The number of carbonyl (C=O) groups is 1. The summed E-state index contributed by atoms with van der Waals surface area (Å²) in [5.41, 5.74) is 1.96. The van der Waals surface area contributed by atoms with Gasteiger partial charge < -0.3 is 9.84 Å². The van der Waals surface area contributed by atoms with Crippen LogP contribution in [0.5, 0.6) is 5.75 Å². The summed E-state index contributed by atoms with van der Waals surface area (Å²) in [4.78, 5) is 14.0. The number of ether oxygens (including phenoxy) is 1. The van der Waals surface area contributed by atoms with Crippen molar-refractivity contribution in [3.05, 3.63) is 64.7 Å². The number of nitrogens with zero attached hydrogens (tertiary/aromatic N) is 1. The molecule has 26 heavy (non-hydrogen) atoms. The molecular weight excluding hydrogens is 350 g/mol. The molecule has 2 atom stereocenters. The molecular formula is C21H24ClNO3. The van der Waals surface area contributed by atoms with E-state index in [9.17, 15) is 9.90 Å². The Morgan fingerprint density at radius 3 is 2.73 bits per heavy atom. The molecule has 0 radical (unpaired) electrons. The van der Waals surface area contributed by atoms with Crippen molar-refractivity contribution in [3.63, 3.8) is 0 Å². The van der Waals surface area contributed by atoms with Crippen molar-refractivity contribution in [2.45, 2.75) is 38.3 Å². The summed E-state index contributed by atoms with van der Waals surface area (Å²) >= 11 is 6.30. The van der Waals surface area contributed by atoms with E-state index in [1.165, 1.54) is 0 Å². The Labute approximate surface area is 159 Å². The molecule has 0 saturated carbocycles. The van der Waals surface area contributed by atoms with Crippen LogP contribution in [-0.2, 0) is 4.79 Å². The van der Waals surface area contributed by atoms with Crippen LogP contribution in [-0.4, -0.2) is 35.2 Å². The highest BCUT2D eigenvalue weighted by atomic mass is 35.5. The lowest BCUT2D eigenvalue weighted by molar-refractivity contribution is -0.145. The van der Waals surface area contributed by atoms with E-state index >= 15 is 0 Å². The molecule has 1 heterocycles. The minimum Gasteiger partial charge on any atom is -0.494 e. The smallest absolute Gasteiger partial charge is 0.320 e. The average molecular weight is 374 g/mol. The van der Waals surface area contributed by atoms with Crippen LogP contribution < -0.4 is 4.74 Å². The van der Waals surface area contributed by atoms with Crippen molar-refractivity contribution in [1.29, 1.82) is 0 Å². The van der Waals surface area contributed by atoms with E-state index in [2.05, 4.69) is 4.90 Å². The fraction of sp³-hybridized carbons (Fsp3) is 0.381. The van der Waals surface area contributed by atoms with Gasteiger partial charge in [0.1, 0.15) is 11.8 Å². The van der Waals surface area contributed by atoms with Gasteiger partial charge in [0.15, 0.2) is 0 Å². The Morgan fingerprint density at radius 2 is 2.04 bits per heavy atom. The molecule has 1 N–H and O–H groups in total. The Bertz CT molecular complexity index is 750. The molecule has 0 aliphatic carbocycles. The van der Waals surface area contributed by atoms with Crippen molar-refractivity contribution in [1.82, 2.24) is 4.90 Å². The second-order valence-corrected chi connectivity index (χ2v) is 6.95. The maximum absolute atomic E-state index is 11.9. The first-order valence-corrected chi connectivity index (χ1v) is 9.45. The van der Waals surface area contributed by atoms with Crippen molar-refractivity contribution in [3.8, 4) is 5.75 Å². The van der Waals surface area contributed by atoms with Crippen LogP contribution in [0, 0.1) is 0 Å². The van der Waals surface area contributed by atoms with Gasteiger partial charge in [-0.05, 0) is 50.1 Å². The van der Waals surface area contributed by atoms with Crippen LogP contribution in [0.3, 0.4) is 0 Å². The Kier molecular flexibility index (Phi) is 6.17. The van der Waals surface area contributed by atoms with Gasteiger partial charge in [0.25, 0.3) is 0 Å². The molecule has 0 spiro atoms. The van der Waals surface area contributed by atoms with E-state index < -0.39 is 12.0 Å². The van der Waals surface area contributed by atoms with Gasteiger partial charge in [-0.15, -0.1) is 0 Å². The second kappa shape index (κ2) is 8.56. The molecule has 0 amide bonds. The summed E-state index contributed by atoms with van der Waals surface area (Å²) in [6.07, 6.45) is 2.57. The monoisotopic (exact) mass is 373 g/mol. The number of hydrogen-bond donors (Lipinski definition) is 1. The quantitative estimate of drug-likeness (QED) is 0.792. The molecule has 3 rings (SSSR count). The van der Waals surface area contributed by atoms with E-state index in [1.807, 2.05) is 55.5 Å². The third kappa shape index (κ3) is 4.02. The van der Waals surface area contributed by atoms with Gasteiger partial charge in [-0.25, -0.2) is 0 Å². The number of rotatable bonds is 6. The molecule has 0 aromatic heterocycles. The molecule has 1 aliphatic heterocycles. The van der Waals surface area contributed by atoms with E-state index in [1.54, 1.807) is 0 Å². The molecule has 2 aromatic rings. The molecule has 138 valence electrons. The Hall–Kier alpha value is -2.04. The maximum atomic E-state index is 11.9. The first-order valence-electron chi connectivity index (χ1n) is 9.07. The van der Waals surface area contributed by atoms with E-state index in [4.69, 9.17) is 16.3 Å². The first-order chi connectivity index (χ1) is 12.6. The van der Waals surface area contributed by atoms with Crippen LogP contribution in [0.15, 0.2) is 48.5 Å². The summed E-state index contributed by atoms with van der Waals surface area (Å²) in [5.74, 6) is -0.0221. The zero-order chi connectivity index (χ0) is 18.5. The van der Waals surface area contributed by atoms with Gasteiger partial charge in [0.2, 0.25) is 0 Å². The molecule has 5 heteroatoms. The van der Waals surface area contributed by atoms with Crippen molar-refractivity contribution in [2.24, 2.45) is 0 Å². The first kappa shape index (κ1) is 18.7. The van der Waals surface area contributed by atoms with Crippen LogP contribution in [0.1, 0.15) is 43.4 Å². The van der Waals surface area contributed by atoms with E-state index in [0.29, 0.717) is 18.1 Å². The standard InChI is InChI=1S/C21H24ClNO3/c1-2-26-19-12-11-16(22)14-17(19)20(15-8-4-3-5-9-15)23-13-7-6-10-18(23)21(24)25/h3-5,8-9,11-12,14,18,20H,2,6-7,10,13H2,1H3,(H,24,25). The van der Waals surface area contributed by atoms with Gasteiger partial charge in [-0.2, -0.15) is 0 Å². The lowest BCUT2D eigenvalue weighted by atomic mass is 9.91. The van der Waals surface area contributed by atoms with Gasteiger partial charge in [0, 0.05) is 10.6 Å². The number of carboxylic acids is 1. The number of hydrogen-bond acceptors (Lipinski definition) is 3. The summed E-state index contributed by atoms with van der Waals surface area (Å²) < 4.78 is 5.85. The predicted molar refractivity (Wildman–Crippen MR) is 103 cm³/mol. The van der Waals surface area contributed by atoms with Crippen molar-refractivity contribution < 1.29 is 14.6 Å². The van der Waals surface area contributed by atoms with E-state index in [0.717, 1.165) is 36.3 Å². The fourth-order valence-corrected chi connectivity index (χ4v) is 3.91. The summed E-state index contributed by atoms with van der Waals surface area (Å²) in [7, 11) is 0. The summed E-state index contributed by atoms with van der Waals surface area (Å²) in [5, 5.41) is 10.4. The largest absolute Gasteiger partial charge is 0.494 e. The molecule has 2 aromatic carbocycles. The van der Waals surface area contributed by atoms with Crippen molar-refractivity contribution in [2.75, 3.05) is 13.2 Å². The highest BCUT2D eigenvalue weighted by Crippen LogP contribution is 2.39. The minimum absolute atomic E-state index is 0.210. The van der Waals surface area contributed by atoms with Gasteiger partial charge in [-0.3, -0.25) is 9.69 Å². The fourth-order valence-electron chi connectivity index (χ4n) is 3.73. The third-order valence-corrected chi connectivity index (χ3v) is 5.08. The van der Waals surface area contributed by atoms with Gasteiger partial charge >= 0.3 is 5.97 Å². The highest BCUT2D eigenvalue weighted by Gasteiger charge is 2.36. The second-order valence-electron chi connectivity index (χ2n) is 6.52. The van der Waals surface area contributed by atoms with Crippen LogP contribution >= 0.6 is 11.6 Å². The summed E-state index contributed by atoms with van der Waals surface area (Å²) in [6.45, 7) is 3.21. The Balaban J connectivity index is 2.13. The molecule has 2 unspecified atom stereocenters. The van der Waals surface area contributed by atoms with Crippen molar-refractivity contribution >= 4 is 17.6 Å². The normalized spacial score (nSPS) is 19.1. The zero-order valence-electron chi connectivity index (χ0n) is 14.9. The Morgan fingerprint density at radius 1 is 1.27 bits per heavy atom. The van der Waals surface area contributed by atoms with E-state index in [-0.39, 0.29) is 6.04 Å². The topological polar surface area (TPSA) is 49.8 Å². The molecule has 1 fully saturated rings. The highest BCUT2D eigenvalue weighted by molar-refractivity contribution is 6.30. The summed E-state index contributed by atoms with van der Waals surface area (Å²) in [6, 6.07) is 14.9. The predicted octanol–water partition coefficient (Wildman–Crippen LogP) is 4.77. The SMILES string of the molecule is CCOc1ccc(Cl)cc1C(c1ccccc1)N1CCCCC1C(=O)O. The number of carboxylic acid groups (broad SMARTS) is 1. The van der Waals surface area contributed by atoms with Crippen LogP contribution in [0.25, 0.3) is 0 Å². The lowest BCUT2D eigenvalue weighted by Crippen LogP contribution is -2.46. The molecule has 1 aliphatic rings. The number of piperidine rings is 1.